The molecule has 1 aromatic carbocycles. The SMILES string of the molecule is C=C[C@@H]1C[C@]1(NC(=O)[C@@H]1C[C@@H](Oc2nccc3cc(OC)ccc23)CN1C(=O)[C@@H](NC(=O)c1cnccn1)C(C)(C)C)C(=O)NS(=O)(=O)C1CC1. The van der Waals surface area contributed by atoms with Crippen LogP contribution in [-0.4, -0.2) is 94.5 Å². The number of hydrogen-bond donors (Lipinski definition) is 3. The molecule has 0 radical (unpaired) electrons. The minimum atomic E-state index is -3.90. The number of methoxy groups -OCH3 is 1. The molecule has 3 aromatic rings. The Balaban J connectivity index is 1.30. The average molecular weight is 720 g/mol. The Labute approximate surface area is 295 Å². The van der Waals surface area contributed by atoms with Gasteiger partial charge in [0.25, 0.3) is 11.8 Å². The first-order valence-corrected chi connectivity index (χ1v) is 18.2. The van der Waals surface area contributed by atoms with E-state index in [4.69, 9.17) is 9.47 Å². The molecule has 2 aromatic heterocycles. The Kier molecular flexibility index (Phi) is 9.48. The van der Waals surface area contributed by atoms with Gasteiger partial charge in [-0.25, -0.2) is 18.4 Å². The highest BCUT2D eigenvalue weighted by Crippen LogP contribution is 2.45. The number of hydrogen-bond acceptors (Lipinski definition) is 11. The number of carbonyl (C=O) groups excluding carboxylic acids is 4. The molecule has 4 amide bonds. The van der Waals surface area contributed by atoms with Gasteiger partial charge in [-0.05, 0) is 54.3 Å². The summed E-state index contributed by atoms with van der Waals surface area (Å²) in [7, 11) is -2.34. The molecule has 270 valence electrons. The quantitative estimate of drug-likeness (QED) is 0.231. The van der Waals surface area contributed by atoms with Crippen molar-refractivity contribution in [1.82, 2.24) is 35.2 Å². The molecular formula is C35H41N7O8S. The summed E-state index contributed by atoms with van der Waals surface area (Å²) in [6, 6.07) is 4.93. The molecule has 3 aliphatic rings. The fraction of sp³-hybridized carbons (Fsp3) is 0.457. The number of fused-ring (bicyclic) bond motifs is 1. The number of nitrogens with one attached hydrogen (secondary N) is 3. The van der Waals surface area contributed by atoms with Gasteiger partial charge in [0.15, 0.2) is 0 Å². The number of likely N-dealkylation sites (tertiary alicyclic amines) is 1. The third-order valence-corrected chi connectivity index (χ3v) is 11.3. The lowest BCUT2D eigenvalue weighted by Gasteiger charge is -2.35. The average Bonchev–Trinajstić information content (AvgIpc) is 4.03. The van der Waals surface area contributed by atoms with Crippen LogP contribution in [0.5, 0.6) is 11.6 Å². The van der Waals surface area contributed by atoms with Crippen LogP contribution in [0, 0.1) is 11.3 Å². The van der Waals surface area contributed by atoms with E-state index in [1.807, 2.05) is 6.07 Å². The maximum atomic E-state index is 14.5. The smallest absolute Gasteiger partial charge is 0.272 e. The van der Waals surface area contributed by atoms with Gasteiger partial charge in [0.1, 0.15) is 35.2 Å². The third-order valence-electron chi connectivity index (χ3n) is 9.49. The van der Waals surface area contributed by atoms with Gasteiger partial charge < -0.3 is 25.0 Å². The lowest BCUT2D eigenvalue weighted by Crippen LogP contribution is -2.60. The highest BCUT2D eigenvalue weighted by molar-refractivity contribution is 7.91. The fourth-order valence-electron chi connectivity index (χ4n) is 6.34. The second-order valence-corrected chi connectivity index (χ2v) is 16.2. The Morgan fingerprint density at radius 2 is 1.86 bits per heavy atom. The van der Waals surface area contributed by atoms with Crippen LogP contribution in [0.4, 0.5) is 0 Å². The van der Waals surface area contributed by atoms with Crippen LogP contribution in [0.1, 0.15) is 56.9 Å². The summed E-state index contributed by atoms with van der Waals surface area (Å²) in [6.45, 7) is 9.03. The minimum absolute atomic E-state index is 0.00781. The van der Waals surface area contributed by atoms with E-state index in [0.717, 1.165) is 5.39 Å². The van der Waals surface area contributed by atoms with Crippen molar-refractivity contribution in [3.8, 4) is 11.6 Å². The molecule has 15 nitrogen and oxygen atoms in total. The van der Waals surface area contributed by atoms with Crippen molar-refractivity contribution in [2.45, 2.75) is 75.4 Å². The lowest BCUT2D eigenvalue weighted by atomic mass is 9.85. The number of amides is 4. The maximum absolute atomic E-state index is 14.5. The van der Waals surface area contributed by atoms with Gasteiger partial charge in [-0.15, -0.1) is 6.58 Å². The van der Waals surface area contributed by atoms with Gasteiger partial charge in [-0.2, -0.15) is 0 Å². The zero-order valence-electron chi connectivity index (χ0n) is 28.8. The summed E-state index contributed by atoms with van der Waals surface area (Å²) in [6.07, 6.45) is 7.46. The maximum Gasteiger partial charge on any atom is 0.272 e. The Morgan fingerprint density at radius 1 is 1.10 bits per heavy atom. The molecule has 5 atom stereocenters. The predicted molar refractivity (Wildman–Crippen MR) is 185 cm³/mol. The summed E-state index contributed by atoms with van der Waals surface area (Å²) in [5, 5.41) is 6.39. The molecular weight excluding hydrogens is 678 g/mol. The molecule has 0 unspecified atom stereocenters. The normalized spacial score (nSPS) is 23.5. The number of pyridine rings is 1. The van der Waals surface area contributed by atoms with Gasteiger partial charge in [0.05, 0.1) is 25.1 Å². The van der Waals surface area contributed by atoms with Crippen molar-refractivity contribution in [3.63, 3.8) is 0 Å². The Hall–Kier alpha value is -5.12. The lowest BCUT2D eigenvalue weighted by molar-refractivity contribution is -0.142. The van der Waals surface area contributed by atoms with Crippen LogP contribution < -0.4 is 24.8 Å². The second-order valence-electron chi connectivity index (χ2n) is 14.2. The number of sulfonamides is 1. The van der Waals surface area contributed by atoms with E-state index in [1.54, 1.807) is 52.3 Å². The molecule has 3 heterocycles. The van der Waals surface area contributed by atoms with Gasteiger partial charge in [-0.3, -0.25) is 28.9 Å². The number of carbonyl (C=O) groups is 4. The second kappa shape index (κ2) is 13.5. The van der Waals surface area contributed by atoms with E-state index < -0.39 is 74.0 Å². The number of nitrogens with zero attached hydrogens (tertiary/aromatic N) is 4. The highest BCUT2D eigenvalue weighted by atomic mass is 32.2. The standard InChI is InChI=1S/C35H41N7O8S/c1-6-21-17-35(21,33(46)41-51(47,48)24-8-9-24)40-30(44)27-16-23(50-31-25-10-7-22(49-5)15-20(25)11-12-38-31)19-42(27)32(45)28(34(2,3)4)39-29(43)26-18-36-13-14-37-26/h6-7,10-15,18,21,23-24,27-28H,1,8-9,16-17,19H2,2-5H3,(H,39,43)(H,40,44)(H,41,46)/t21-,23-,27+,28-,35-/m1/s1. The predicted octanol–water partition coefficient (Wildman–Crippen LogP) is 1.90. The minimum Gasteiger partial charge on any atom is -0.497 e. The molecule has 3 N–H and O–H groups in total. The van der Waals surface area contributed by atoms with E-state index in [0.29, 0.717) is 24.0 Å². The van der Waals surface area contributed by atoms with Crippen LogP contribution in [0.15, 0.2) is 61.7 Å². The van der Waals surface area contributed by atoms with Crippen LogP contribution in [0.25, 0.3) is 10.8 Å². The molecule has 6 rings (SSSR count). The third kappa shape index (κ3) is 7.36. The Morgan fingerprint density at radius 3 is 2.49 bits per heavy atom. The zero-order chi connectivity index (χ0) is 36.7. The zero-order valence-corrected chi connectivity index (χ0v) is 29.6. The number of rotatable bonds is 12. The van der Waals surface area contributed by atoms with Crippen LogP contribution in [0.3, 0.4) is 0 Å². The largest absolute Gasteiger partial charge is 0.497 e. The first-order chi connectivity index (χ1) is 24.2. The molecule has 0 spiro atoms. The van der Waals surface area contributed by atoms with Crippen molar-refractivity contribution in [2.24, 2.45) is 11.3 Å². The van der Waals surface area contributed by atoms with Gasteiger partial charge in [0.2, 0.25) is 27.7 Å². The molecule has 3 fully saturated rings. The van der Waals surface area contributed by atoms with Crippen LogP contribution in [-0.2, 0) is 24.4 Å². The van der Waals surface area contributed by atoms with Crippen molar-refractivity contribution >= 4 is 44.4 Å². The van der Waals surface area contributed by atoms with E-state index in [2.05, 4.69) is 36.9 Å². The van der Waals surface area contributed by atoms with Gasteiger partial charge in [-0.1, -0.05) is 26.8 Å². The van der Waals surface area contributed by atoms with E-state index in [-0.39, 0.29) is 31.0 Å². The van der Waals surface area contributed by atoms with Crippen molar-refractivity contribution < 1.29 is 37.1 Å². The molecule has 1 aliphatic heterocycles. The number of aromatic nitrogens is 3. The van der Waals surface area contributed by atoms with Crippen molar-refractivity contribution in [1.29, 1.82) is 0 Å². The molecule has 1 saturated heterocycles. The Bertz CT molecular complexity index is 1980. The van der Waals surface area contributed by atoms with Crippen LogP contribution >= 0.6 is 0 Å². The van der Waals surface area contributed by atoms with Gasteiger partial charge in [0, 0.05) is 36.3 Å². The van der Waals surface area contributed by atoms with Crippen molar-refractivity contribution in [3.05, 3.63) is 67.4 Å². The molecule has 2 saturated carbocycles. The topological polar surface area (TPSA) is 199 Å². The molecule has 51 heavy (non-hydrogen) atoms. The van der Waals surface area contributed by atoms with E-state index in [9.17, 15) is 27.6 Å². The molecule has 16 heteroatoms. The first-order valence-electron chi connectivity index (χ1n) is 16.6. The molecule has 2 aliphatic carbocycles. The highest BCUT2D eigenvalue weighted by Gasteiger charge is 2.62. The summed E-state index contributed by atoms with van der Waals surface area (Å²) >= 11 is 0. The number of benzene rings is 1. The van der Waals surface area contributed by atoms with E-state index in [1.165, 1.54) is 29.6 Å². The fourth-order valence-corrected chi connectivity index (χ4v) is 7.70. The molecule has 0 bridgehead atoms. The summed E-state index contributed by atoms with van der Waals surface area (Å²) < 4.78 is 39.2. The number of ether oxygens (including phenoxy) is 2. The van der Waals surface area contributed by atoms with Gasteiger partial charge >= 0.3 is 0 Å². The van der Waals surface area contributed by atoms with Crippen LogP contribution in [0.2, 0.25) is 0 Å². The first kappa shape index (κ1) is 35.7. The monoisotopic (exact) mass is 719 g/mol. The summed E-state index contributed by atoms with van der Waals surface area (Å²) in [4.78, 5) is 69.1. The van der Waals surface area contributed by atoms with E-state index >= 15 is 0 Å². The summed E-state index contributed by atoms with van der Waals surface area (Å²) in [5.74, 6) is -2.32. The van der Waals surface area contributed by atoms with Crippen molar-refractivity contribution in [2.75, 3.05) is 13.7 Å². The summed E-state index contributed by atoms with van der Waals surface area (Å²) in [5.41, 5.74) is -2.38.